The molecule has 21 heavy (non-hydrogen) atoms. The molecule has 1 aromatic rings. The minimum Gasteiger partial charge on any atom is -0.370 e. The van der Waals surface area contributed by atoms with Crippen LogP contribution in [0.4, 0.5) is 8.78 Å². The van der Waals surface area contributed by atoms with E-state index >= 15 is 0 Å². The Morgan fingerprint density at radius 1 is 1.14 bits per heavy atom. The number of nitrogens with two attached hydrogens (primary N) is 1. The lowest BCUT2D eigenvalue weighted by Gasteiger charge is -2.23. The van der Waals surface area contributed by atoms with Gasteiger partial charge in [0.05, 0.1) is 0 Å². The lowest BCUT2D eigenvalue weighted by molar-refractivity contribution is 0.412. The molecule has 0 saturated heterocycles. The first-order chi connectivity index (χ1) is 9.63. The largest absolute Gasteiger partial charge is 0.370 e. The van der Waals surface area contributed by atoms with E-state index in [0.29, 0.717) is 30.5 Å². The average molecular weight is 409 g/mol. The summed E-state index contributed by atoms with van der Waals surface area (Å²) in [6.07, 6.45) is 6.49. The molecule has 2 rings (SSSR count). The van der Waals surface area contributed by atoms with E-state index in [2.05, 4.69) is 10.3 Å². The second kappa shape index (κ2) is 9.17. The summed E-state index contributed by atoms with van der Waals surface area (Å²) in [7, 11) is 0. The van der Waals surface area contributed by atoms with Gasteiger partial charge in [0.2, 0.25) is 0 Å². The smallest absolute Gasteiger partial charge is 0.188 e. The topological polar surface area (TPSA) is 50.4 Å². The maximum atomic E-state index is 13.0. The molecule has 1 aromatic carbocycles. The normalized spacial score (nSPS) is 16.4. The number of hydrogen-bond donors (Lipinski definition) is 2. The molecular weight excluding hydrogens is 387 g/mol. The molecule has 1 saturated carbocycles. The third-order valence-electron chi connectivity index (χ3n) is 3.56. The van der Waals surface area contributed by atoms with Gasteiger partial charge in [-0.3, -0.25) is 4.99 Å². The van der Waals surface area contributed by atoms with Crippen molar-refractivity contribution in [3.05, 3.63) is 35.4 Å². The molecule has 0 bridgehead atoms. The zero-order valence-electron chi connectivity index (χ0n) is 11.9. The molecule has 0 unspecified atom stereocenters. The van der Waals surface area contributed by atoms with E-state index in [1.165, 1.54) is 31.4 Å². The summed E-state index contributed by atoms with van der Waals surface area (Å²) >= 11 is 0. The fourth-order valence-corrected chi connectivity index (χ4v) is 2.56. The average Bonchev–Trinajstić information content (AvgIpc) is 2.38. The lowest BCUT2D eigenvalue weighted by atomic mass is 9.96. The Morgan fingerprint density at radius 3 is 2.38 bits per heavy atom. The highest BCUT2D eigenvalue weighted by molar-refractivity contribution is 14.0. The predicted octanol–water partition coefficient (Wildman–Crippen LogP) is 3.36. The van der Waals surface area contributed by atoms with Crippen LogP contribution in [0.2, 0.25) is 0 Å². The van der Waals surface area contributed by atoms with Crippen molar-refractivity contribution in [3.8, 4) is 0 Å². The van der Waals surface area contributed by atoms with Crippen molar-refractivity contribution in [1.82, 2.24) is 5.32 Å². The van der Waals surface area contributed by atoms with Crippen molar-refractivity contribution in [2.75, 3.05) is 6.54 Å². The van der Waals surface area contributed by atoms with Crippen molar-refractivity contribution < 1.29 is 8.78 Å². The Balaban J connectivity index is 0.00000220. The number of rotatable bonds is 4. The second-order valence-corrected chi connectivity index (χ2v) is 5.27. The molecule has 6 heteroatoms. The molecule has 3 nitrogen and oxygen atoms in total. The van der Waals surface area contributed by atoms with Crippen molar-refractivity contribution in [2.24, 2.45) is 10.7 Å². The SMILES string of the molecule is I.NC(=NCCc1cc(F)cc(F)c1)NC1CCCCC1. The highest BCUT2D eigenvalue weighted by atomic mass is 127. The van der Waals surface area contributed by atoms with Gasteiger partial charge >= 0.3 is 0 Å². The first-order valence-corrected chi connectivity index (χ1v) is 7.15. The number of hydrogen-bond acceptors (Lipinski definition) is 1. The number of nitrogens with one attached hydrogen (secondary N) is 1. The first-order valence-electron chi connectivity index (χ1n) is 7.15. The van der Waals surface area contributed by atoms with Gasteiger partial charge in [-0.25, -0.2) is 8.78 Å². The van der Waals surface area contributed by atoms with E-state index in [1.54, 1.807) is 0 Å². The molecule has 1 aliphatic carbocycles. The van der Waals surface area contributed by atoms with Gasteiger partial charge in [0.15, 0.2) is 5.96 Å². The van der Waals surface area contributed by atoms with Crippen molar-refractivity contribution >= 4 is 29.9 Å². The van der Waals surface area contributed by atoms with Crippen molar-refractivity contribution in [2.45, 2.75) is 44.6 Å². The van der Waals surface area contributed by atoms with Crippen molar-refractivity contribution in [1.29, 1.82) is 0 Å². The summed E-state index contributed by atoms with van der Waals surface area (Å²) in [6, 6.07) is 3.93. The molecular formula is C15H22F2IN3. The minimum absolute atomic E-state index is 0. The van der Waals surface area contributed by atoms with Gasteiger partial charge in [0.1, 0.15) is 11.6 Å². The molecule has 3 N–H and O–H groups in total. The predicted molar refractivity (Wildman–Crippen MR) is 92.0 cm³/mol. The van der Waals surface area contributed by atoms with Crippen molar-refractivity contribution in [3.63, 3.8) is 0 Å². The van der Waals surface area contributed by atoms with Crippen LogP contribution in [0.3, 0.4) is 0 Å². The van der Waals surface area contributed by atoms with E-state index in [4.69, 9.17) is 5.73 Å². The monoisotopic (exact) mass is 409 g/mol. The summed E-state index contributed by atoms with van der Waals surface area (Å²) in [4.78, 5) is 4.21. The van der Waals surface area contributed by atoms with Crippen LogP contribution in [0, 0.1) is 11.6 Å². The molecule has 0 atom stereocenters. The Morgan fingerprint density at radius 2 is 1.76 bits per heavy atom. The van der Waals surface area contributed by atoms with Crippen LogP contribution in [0.15, 0.2) is 23.2 Å². The summed E-state index contributed by atoms with van der Waals surface area (Å²) in [5.41, 5.74) is 6.41. The minimum atomic E-state index is -0.558. The van der Waals surface area contributed by atoms with Gasteiger partial charge in [-0.15, -0.1) is 24.0 Å². The van der Waals surface area contributed by atoms with Crippen LogP contribution in [0.5, 0.6) is 0 Å². The van der Waals surface area contributed by atoms with Crippen LogP contribution >= 0.6 is 24.0 Å². The van der Waals surface area contributed by atoms with E-state index in [1.807, 2.05) is 0 Å². The summed E-state index contributed by atoms with van der Waals surface area (Å²) in [6.45, 7) is 0.425. The molecule has 1 aliphatic rings. The summed E-state index contributed by atoms with van der Waals surface area (Å²) in [5, 5.41) is 3.21. The van der Waals surface area contributed by atoms with Gasteiger partial charge in [-0.1, -0.05) is 19.3 Å². The third kappa shape index (κ3) is 6.58. The molecule has 0 heterocycles. The molecule has 0 aromatic heterocycles. The number of guanidine groups is 1. The number of benzene rings is 1. The van der Waals surface area contributed by atoms with Crippen LogP contribution in [0.1, 0.15) is 37.7 Å². The Hall–Kier alpha value is -0.920. The van der Waals surface area contributed by atoms with Crippen LogP contribution in [0.25, 0.3) is 0 Å². The number of aliphatic imine (C=N–C) groups is 1. The maximum absolute atomic E-state index is 13.0. The standard InChI is InChI=1S/C15H21F2N3.HI/c16-12-8-11(9-13(17)10-12)6-7-19-15(18)20-14-4-2-1-3-5-14;/h8-10,14H,1-7H2,(H3,18,19,20);1H. The number of nitrogens with zero attached hydrogens (tertiary/aromatic N) is 1. The first kappa shape index (κ1) is 18.1. The molecule has 0 spiro atoms. The quantitative estimate of drug-likeness (QED) is 0.455. The lowest BCUT2D eigenvalue weighted by Crippen LogP contribution is -2.41. The summed E-state index contributed by atoms with van der Waals surface area (Å²) in [5.74, 6) is -0.691. The fourth-order valence-electron chi connectivity index (χ4n) is 2.56. The zero-order valence-corrected chi connectivity index (χ0v) is 14.3. The molecule has 118 valence electrons. The van der Waals surface area contributed by atoms with E-state index in [0.717, 1.165) is 18.9 Å². The Kier molecular flexibility index (Phi) is 7.92. The van der Waals surface area contributed by atoms with Crippen LogP contribution in [-0.2, 0) is 6.42 Å². The molecule has 1 fully saturated rings. The highest BCUT2D eigenvalue weighted by Gasteiger charge is 2.13. The molecule has 0 amide bonds. The summed E-state index contributed by atoms with van der Waals surface area (Å²) < 4.78 is 26.0. The fraction of sp³-hybridized carbons (Fsp3) is 0.533. The van der Waals surface area contributed by atoms with E-state index in [9.17, 15) is 8.78 Å². The number of halogens is 3. The van der Waals surface area contributed by atoms with Gasteiger partial charge in [0.25, 0.3) is 0 Å². The van der Waals surface area contributed by atoms with Gasteiger partial charge in [0, 0.05) is 18.7 Å². The van der Waals surface area contributed by atoms with E-state index < -0.39 is 11.6 Å². The van der Waals surface area contributed by atoms with Gasteiger partial charge in [-0.2, -0.15) is 0 Å². The van der Waals surface area contributed by atoms with Gasteiger partial charge in [-0.05, 0) is 37.0 Å². The van der Waals surface area contributed by atoms with Crippen LogP contribution in [-0.4, -0.2) is 18.5 Å². The van der Waals surface area contributed by atoms with Crippen LogP contribution < -0.4 is 11.1 Å². The third-order valence-corrected chi connectivity index (χ3v) is 3.56. The molecule has 0 aliphatic heterocycles. The second-order valence-electron chi connectivity index (χ2n) is 5.27. The molecule has 0 radical (unpaired) electrons. The van der Waals surface area contributed by atoms with E-state index in [-0.39, 0.29) is 24.0 Å². The van der Waals surface area contributed by atoms with Gasteiger partial charge < -0.3 is 11.1 Å². The Labute approximate surface area is 141 Å². The Bertz CT molecular complexity index is 454. The maximum Gasteiger partial charge on any atom is 0.188 e. The highest BCUT2D eigenvalue weighted by Crippen LogP contribution is 2.17. The zero-order chi connectivity index (χ0) is 14.4.